The highest BCUT2D eigenvalue weighted by atomic mass is 19.4. The minimum atomic E-state index is -4.49. The molecule has 0 radical (unpaired) electrons. The lowest BCUT2D eigenvalue weighted by Crippen LogP contribution is -2.51. The van der Waals surface area contributed by atoms with E-state index in [0.717, 1.165) is 32.4 Å². The number of nitrogens with zero attached hydrogens (tertiary/aromatic N) is 1. The van der Waals surface area contributed by atoms with E-state index < -0.39 is 23.2 Å². The van der Waals surface area contributed by atoms with Crippen molar-refractivity contribution in [1.29, 1.82) is 0 Å². The molecular formula is C32H41F6N. The van der Waals surface area contributed by atoms with E-state index in [1.807, 2.05) is 18.2 Å². The zero-order valence-corrected chi connectivity index (χ0v) is 23.1. The van der Waals surface area contributed by atoms with E-state index in [0.29, 0.717) is 24.8 Å². The first-order valence-corrected chi connectivity index (χ1v) is 14.5. The molecule has 0 N–H and O–H groups in total. The Morgan fingerprint density at radius 2 is 1.26 bits per heavy atom. The maximum absolute atomic E-state index is 14.5. The summed E-state index contributed by atoms with van der Waals surface area (Å²) >= 11 is 0. The van der Waals surface area contributed by atoms with Gasteiger partial charge in [0.25, 0.3) is 0 Å². The maximum atomic E-state index is 14.5. The van der Waals surface area contributed by atoms with Crippen LogP contribution in [-0.4, -0.2) is 36.4 Å². The van der Waals surface area contributed by atoms with Crippen LogP contribution in [0.2, 0.25) is 0 Å². The molecule has 2 fully saturated rings. The Balaban J connectivity index is 1.68. The van der Waals surface area contributed by atoms with Gasteiger partial charge in [0, 0.05) is 12.6 Å². The monoisotopic (exact) mass is 553 g/mol. The molecule has 2 aromatic rings. The highest BCUT2D eigenvalue weighted by Crippen LogP contribution is 2.59. The fraction of sp³-hybridized carbons (Fsp3) is 0.625. The van der Waals surface area contributed by atoms with Crippen LogP contribution in [0.4, 0.5) is 26.3 Å². The Labute approximate surface area is 229 Å². The number of rotatable bonds is 12. The Bertz CT molecular complexity index is 1020. The van der Waals surface area contributed by atoms with E-state index in [1.54, 1.807) is 0 Å². The van der Waals surface area contributed by atoms with Gasteiger partial charge in [-0.05, 0) is 86.6 Å². The van der Waals surface area contributed by atoms with Crippen molar-refractivity contribution in [3.63, 3.8) is 0 Å². The van der Waals surface area contributed by atoms with Crippen molar-refractivity contribution < 1.29 is 26.3 Å². The molecule has 0 amide bonds. The lowest BCUT2D eigenvalue weighted by atomic mass is 9.58. The summed E-state index contributed by atoms with van der Waals surface area (Å²) < 4.78 is 87.0. The fourth-order valence-electron chi connectivity index (χ4n) is 6.86. The van der Waals surface area contributed by atoms with Crippen molar-refractivity contribution in [3.05, 3.63) is 70.8 Å². The van der Waals surface area contributed by atoms with Crippen LogP contribution < -0.4 is 0 Å². The van der Waals surface area contributed by atoms with Gasteiger partial charge in [0.15, 0.2) is 0 Å². The van der Waals surface area contributed by atoms with Crippen molar-refractivity contribution in [1.82, 2.24) is 4.90 Å². The molecule has 2 aliphatic carbocycles. The smallest absolute Gasteiger partial charge is 0.300 e. The highest BCUT2D eigenvalue weighted by molar-refractivity contribution is 5.48. The summed E-state index contributed by atoms with van der Waals surface area (Å²) in [7, 11) is 0. The van der Waals surface area contributed by atoms with Gasteiger partial charge < -0.3 is 4.90 Å². The lowest BCUT2D eigenvalue weighted by molar-refractivity contribution is -0.215. The van der Waals surface area contributed by atoms with Gasteiger partial charge in [0.2, 0.25) is 0 Å². The molecule has 0 aliphatic heterocycles. The van der Waals surface area contributed by atoms with E-state index in [-0.39, 0.29) is 49.3 Å². The first-order chi connectivity index (χ1) is 18.5. The molecule has 1 unspecified atom stereocenters. The van der Waals surface area contributed by atoms with Gasteiger partial charge in [-0.25, -0.2) is 0 Å². The topological polar surface area (TPSA) is 3.24 Å². The largest absolute Gasteiger partial charge is 0.398 e. The highest BCUT2D eigenvalue weighted by Gasteiger charge is 2.63. The molecule has 39 heavy (non-hydrogen) atoms. The predicted octanol–water partition coefficient (Wildman–Crippen LogP) is 9.32. The van der Waals surface area contributed by atoms with Gasteiger partial charge in [0.1, 0.15) is 0 Å². The number of halogens is 6. The molecule has 0 bridgehead atoms. The van der Waals surface area contributed by atoms with Crippen LogP contribution in [0.15, 0.2) is 48.5 Å². The van der Waals surface area contributed by atoms with Crippen LogP contribution in [0, 0.1) is 0 Å². The van der Waals surface area contributed by atoms with Crippen molar-refractivity contribution >= 4 is 0 Å². The molecule has 2 aliphatic rings. The molecule has 2 saturated carbocycles. The van der Waals surface area contributed by atoms with Crippen molar-refractivity contribution in [2.24, 2.45) is 0 Å². The molecule has 0 aromatic heterocycles. The molecule has 0 spiro atoms. The normalized spacial score (nSPS) is 19.4. The minimum Gasteiger partial charge on any atom is -0.300 e. The third kappa shape index (κ3) is 5.75. The fourth-order valence-corrected chi connectivity index (χ4v) is 6.86. The molecule has 0 saturated heterocycles. The van der Waals surface area contributed by atoms with Crippen LogP contribution in [0.1, 0.15) is 93.9 Å². The quantitative estimate of drug-likeness (QED) is 0.237. The zero-order chi connectivity index (χ0) is 28.3. The van der Waals surface area contributed by atoms with E-state index in [9.17, 15) is 26.3 Å². The third-order valence-corrected chi connectivity index (χ3v) is 9.46. The van der Waals surface area contributed by atoms with Gasteiger partial charge in [-0.15, -0.1) is 0 Å². The van der Waals surface area contributed by atoms with E-state index in [4.69, 9.17) is 0 Å². The summed E-state index contributed by atoms with van der Waals surface area (Å²) in [5.41, 5.74) is -2.36. The van der Waals surface area contributed by atoms with E-state index >= 15 is 0 Å². The van der Waals surface area contributed by atoms with Gasteiger partial charge in [-0.3, -0.25) is 0 Å². The molecule has 216 valence electrons. The first kappa shape index (κ1) is 30.0. The molecular weight excluding hydrogens is 512 g/mol. The van der Waals surface area contributed by atoms with Crippen LogP contribution in [0.25, 0.3) is 0 Å². The Morgan fingerprint density at radius 1 is 0.718 bits per heavy atom. The SMILES string of the molecule is CCCN(CCc1ccccc1)C(CC)CCc1c(C2(C(F)(F)F)CCC2)cccc1C1(C(F)(F)F)CCC1. The standard InChI is InChI=1S/C32H41F6N/c1-3-22-39(23-17-24-11-6-5-7-12-24)25(4-2)15-16-26-27(29(18-9-19-29)31(33,34)35)13-8-14-28(26)30(20-10-21-30)32(36,37)38/h5-8,11-14,25H,3-4,9-10,15-23H2,1-2H3. The Kier molecular flexibility index (Phi) is 9.09. The summed E-state index contributed by atoms with van der Waals surface area (Å²) in [6, 6.07) is 14.6. The molecule has 0 heterocycles. The predicted molar refractivity (Wildman–Crippen MR) is 144 cm³/mol. The third-order valence-electron chi connectivity index (χ3n) is 9.46. The maximum Gasteiger partial charge on any atom is 0.398 e. The van der Waals surface area contributed by atoms with Gasteiger partial charge in [-0.2, -0.15) is 26.3 Å². The van der Waals surface area contributed by atoms with Crippen LogP contribution >= 0.6 is 0 Å². The molecule has 4 rings (SSSR count). The van der Waals surface area contributed by atoms with Crippen molar-refractivity contribution in [2.45, 2.75) is 114 Å². The molecule has 2 aromatic carbocycles. The lowest BCUT2D eigenvalue weighted by Gasteiger charge is -2.48. The number of alkyl halides is 6. The van der Waals surface area contributed by atoms with Crippen molar-refractivity contribution in [3.8, 4) is 0 Å². The molecule has 7 heteroatoms. The van der Waals surface area contributed by atoms with Crippen LogP contribution in [0.3, 0.4) is 0 Å². The number of hydrogen-bond acceptors (Lipinski definition) is 1. The average Bonchev–Trinajstić information content (AvgIpc) is 2.81. The zero-order valence-electron chi connectivity index (χ0n) is 23.1. The first-order valence-electron chi connectivity index (χ1n) is 14.5. The summed E-state index contributed by atoms with van der Waals surface area (Å²) in [6.07, 6.45) is -4.97. The summed E-state index contributed by atoms with van der Waals surface area (Å²) in [5.74, 6) is 0. The van der Waals surface area contributed by atoms with Gasteiger partial charge in [-0.1, -0.05) is 75.2 Å². The van der Waals surface area contributed by atoms with Gasteiger partial charge >= 0.3 is 12.4 Å². The second-order valence-electron chi connectivity index (χ2n) is 11.6. The average molecular weight is 554 g/mol. The van der Waals surface area contributed by atoms with E-state index in [1.165, 1.54) is 23.8 Å². The van der Waals surface area contributed by atoms with E-state index in [2.05, 4.69) is 30.9 Å². The number of hydrogen-bond donors (Lipinski definition) is 0. The Morgan fingerprint density at radius 3 is 1.67 bits per heavy atom. The summed E-state index contributed by atoms with van der Waals surface area (Å²) in [4.78, 5) is 2.38. The van der Waals surface area contributed by atoms with Crippen LogP contribution in [-0.2, 0) is 23.7 Å². The second-order valence-corrected chi connectivity index (χ2v) is 11.6. The van der Waals surface area contributed by atoms with Crippen LogP contribution in [0.5, 0.6) is 0 Å². The summed E-state index contributed by atoms with van der Waals surface area (Å²) in [6.45, 7) is 5.82. The van der Waals surface area contributed by atoms with Gasteiger partial charge in [0.05, 0.1) is 10.8 Å². The Hall–Kier alpha value is -2.02. The van der Waals surface area contributed by atoms with Crippen molar-refractivity contribution in [2.75, 3.05) is 13.1 Å². The molecule has 1 atom stereocenters. The summed E-state index contributed by atoms with van der Waals surface area (Å²) in [5, 5.41) is 0. The minimum absolute atomic E-state index is 0.0534. The molecule has 1 nitrogen and oxygen atoms in total. The number of benzene rings is 2. The second kappa shape index (κ2) is 11.8.